The molecule has 8 rings (SSSR count). The summed E-state index contributed by atoms with van der Waals surface area (Å²) in [6.45, 7) is 20.3. The van der Waals surface area contributed by atoms with Crippen molar-refractivity contribution in [3.8, 4) is 11.3 Å². The van der Waals surface area contributed by atoms with Gasteiger partial charge in [0.05, 0.1) is 29.5 Å². The molecule has 1 amide bonds. The summed E-state index contributed by atoms with van der Waals surface area (Å²) in [6, 6.07) is 7.87. The first-order chi connectivity index (χ1) is 23.2. The largest absolute Gasteiger partial charge is 0.393 e. The third-order valence-electron chi connectivity index (χ3n) is 17.1. The van der Waals surface area contributed by atoms with Crippen LogP contribution in [0, 0.1) is 56.7 Å². The van der Waals surface area contributed by atoms with Crippen LogP contribution in [-0.2, 0) is 4.79 Å². The average Bonchev–Trinajstić information content (AvgIpc) is 3.82. The second-order valence-electron chi connectivity index (χ2n) is 19.1. The summed E-state index contributed by atoms with van der Waals surface area (Å²) >= 11 is 6.17. The van der Waals surface area contributed by atoms with E-state index in [0.717, 1.165) is 80.0 Å². The van der Waals surface area contributed by atoms with E-state index in [1.807, 2.05) is 30.5 Å². The van der Waals surface area contributed by atoms with Gasteiger partial charge < -0.3 is 15.0 Å². The maximum Gasteiger partial charge on any atom is 0.229 e. The smallest absolute Gasteiger partial charge is 0.229 e. The molecule has 0 radical (unpaired) electrons. The molecule has 0 bridgehead atoms. The molecule has 11 atom stereocenters. The summed E-state index contributed by atoms with van der Waals surface area (Å²) in [5, 5.41) is 11.9. The van der Waals surface area contributed by atoms with Gasteiger partial charge in [0.1, 0.15) is 5.82 Å². The molecule has 2 heterocycles. The lowest BCUT2D eigenvalue weighted by Gasteiger charge is -2.73. The third-order valence-corrected chi connectivity index (χ3v) is 17.3. The number of aromatic nitrogens is 2. The van der Waals surface area contributed by atoms with Crippen molar-refractivity contribution in [3.63, 3.8) is 0 Å². The molecule has 1 saturated heterocycles. The Morgan fingerprint density at radius 2 is 1.67 bits per heavy atom. The minimum atomic E-state index is -0.316. The Morgan fingerprint density at radius 3 is 2.41 bits per heavy atom. The van der Waals surface area contributed by atoms with E-state index in [4.69, 9.17) is 16.6 Å². The zero-order valence-corrected chi connectivity index (χ0v) is 31.7. The van der Waals surface area contributed by atoms with Crippen LogP contribution in [0.15, 0.2) is 42.6 Å². The van der Waals surface area contributed by atoms with Gasteiger partial charge in [-0.1, -0.05) is 70.5 Å². The van der Waals surface area contributed by atoms with Gasteiger partial charge in [-0.15, -0.1) is 0 Å². The molecule has 1 aromatic carbocycles. The lowest BCUT2D eigenvalue weighted by Crippen LogP contribution is -2.67. The first-order valence-corrected chi connectivity index (χ1v) is 20.0. The van der Waals surface area contributed by atoms with Crippen molar-refractivity contribution in [1.29, 1.82) is 0 Å². The summed E-state index contributed by atoms with van der Waals surface area (Å²) in [6.07, 6.45) is 14.9. The van der Waals surface area contributed by atoms with E-state index >= 15 is 4.79 Å². The van der Waals surface area contributed by atoms with Crippen molar-refractivity contribution >= 4 is 17.5 Å². The number of aliphatic hydroxyl groups is 1. The second kappa shape index (κ2) is 11.4. The van der Waals surface area contributed by atoms with Gasteiger partial charge in [-0.3, -0.25) is 4.79 Å². The number of rotatable bonds is 4. The van der Waals surface area contributed by atoms with E-state index in [1.54, 1.807) is 0 Å². The molecule has 11 unspecified atom stereocenters. The number of benzene rings is 1. The summed E-state index contributed by atoms with van der Waals surface area (Å²) in [4.78, 5) is 26.1. The number of nitrogens with zero attached hydrogens (tertiary/aromatic N) is 2. The van der Waals surface area contributed by atoms with Crippen LogP contribution in [0.25, 0.3) is 11.3 Å². The van der Waals surface area contributed by atoms with E-state index < -0.39 is 0 Å². The lowest BCUT2D eigenvalue weighted by molar-refractivity contribution is -0.247. The first kappa shape index (κ1) is 34.0. The number of allylic oxidation sites excluding steroid dienone is 1. The molecule has 5 aliphatic carbocycles. The number of fused-ring (bicyclic) bond motifs is 7. The monoisotopic (exact) mass is 685 g/mol. The molecule has 2 N–H and O–H groups in total. The maximum atomic E-state index is 15.4. The number of nitrogens with one attached hydrogen (secondary N) is 1. The molecule has 6 heteroatoms. The number of hydrogen-bond acceptors (Lipinski definition) is 3. The minimum Gasteiger partial charge on any atom is -0.393 e. The van der Waals surface area contributed by atoms with Gasteiger partial charge >= 0.3 is 0 Å². The van der Waals surface area contributed by atoms with Gasteiger partial charge in [0.25, 0.3) is 0 Å². The van der Waals surface area contributed by atoms with Crippen molar-refractivity contribution < 1.29 is 9.90 Å². The molecule has 2 aromatic rings. The van der Waals surface area contributed by atoms with Crippen molar-refractivity contribution in [1.82, 2.24) is 14.9 Å². The number of amides is 1. The van der Waals surface area contributed by atoms with Gasteiger partial charge in [0.2, 0.25) is 5.91 Å². The number of carbonyl (C=O) groups excluding carboxylic acids is 1. The molecule has 6 fully saturated rings. The van der Waals surface area contributed by atoms with Crippen LogP contribution in [0.5, 0.6) is 0 Å². The molecule has 5 nitrogen and oxygen atoms in total. The van der Waals surface area contributed by atoms with Crippen LogP contribution < -0.4 is 0 Å². The highest BCUT2D eigenvalue weighted by molar-refractivity contribution is 6.30. The number of hydrogen-bond donors (Lipinski definition) is 2. The standard InChI is InChI=1S/C43H60ClN3O2/c1-26(2)29-16-21-43(38(49)47-24-8-9-32(47)37-45-25-31(46-37)27-10-12-28(44)13-11-27)23-22-41(6)30(36(29)43)14-15-34-40(5)19-18-35(48)39(3,4)33(40)17-20-42(34,41)7/h10-13,25,29-30,32-36,48H,1,8-9,14-24H2,2-7H3,(H,45,46). The topological polar surface area (TPSA) is 69.2 Å². The van der Waals surface area contributed by atoms with Crippen LogP contribution >= 0.6 is 11.6 Å². The summed E-state index contributed by atoms with van der Waals surface area (Å²) in [7, 11) is 0. The number of imidazole rings is 1. The highest BCUT2D eigenvalue weighted by atomic mass is 35.5. The van der Waals surface area contributed by atoms with E-state index in [-0.39, 0.29) is 39.2 Å². The summed E-state index contributed by atoms with van der Waals surface area (Å²) in [5.74, 6) is 3.83. The SMILES string of the molecule is C=C(C)C1CCC2(C(=O)N3CCCC3c3ncc(-c4ccc(Cl)cc4)[nH]3)CCC3(C)C(CCC4C5(C)CCC(O)C(C)(C)C5CCC43C)C12. The average molecular weight is 686 g/mol. The van der Waals surface area contributed by atoms with Gasteiger partial charge in [-0.2, -0.15) is 0 Å². The third kappa shape index (κ3) is 4.65. The Morgan fingerprint density at radius 1 is 0.918 bits per heavy atom. The molecule has 49 heavy (non-hydrogen) atoms. The first-order valence-electron chi connectivity index (χ1n) is 19.6. The van der Waals surface area contributed by atoms with Crippen molar-refractivity contribution in [2.45, 2.75) is 131 Å². The number of likely N-dealkylation sites (tertiary alicyclic amines) is 1. The fraction of sp³-hybridized carbons (Fsp3) is 0.721. The van der Waals surface area contributed by atoms with Crippen LogP contribution in [0.4, 0.5) is 0 Å². The van der Waals surface area contributed by atoms with Crippen molar-refractivity contribution in [3.05, 3.63) is 53.5 Å². The molecule has 1 aromatic heterocycles. The van der Waals surface area contributed by atoms with E-state index in [9.17, 15) is 5.11 Å². The van der Waals surface area contributed by atoms with E-state index in [0.29, 0.717) is 35.5 Å². The van der Waals surface area contributed by atoms with E-state index in [2.05, 4.69) is 58.0 Å². The van der Waals surface area contributed by atoms with Gasteiger partial charge in [-0.05, 0) is 153 Å². The summed E-state index contributed by atoms with van der Waals surface area (Å²) in [5.41, 5.74) is 3.65. The molecule has 0 spiro atoms. The van der Waals surface area contributed by atoms with E-state index in [1.165, 1.54) is 31.3 Å². The number of H-pyrrole nitrogens is 1. The predicted molar refractivity (Wildman–Crippen MR) is 198 cm³/mol. The number of aliphatic hydroxyl groups excluding tert-OH is 1. The molecule has 266 valence electrons. The Bertz CT molecular complexity index is 1630. The second-order valence-corrected chi connectivity index (χ2v) is 19.5. The number of halogens is 1. The Labute approximate surface area is 300 Å². The molecular formula is C43H60ClN3O2. The normalized spacial score (nSPS) is 44.1. The number of aromatic amines is 1. The summed E-state index contributed by atoms with van der Waals surface area (Å²) < 4.78 is 0. The highest BCUT2D eigenvalue weighted by Gasteiger charge is 2.72. The molecule has 6 aliphatic rings. The van der Waals surface area contributed by atoms with Gasteiger partial charge in [0.15, 0.2) is 0 Å². The molecule has 1 aliphatic heterocycles. The maximum absolute atomic E-state index is 15.4. The quantitative estimate of drug-likeness (QED) is 0.315. The Hall–Kier alpha value is -2.11. The fourth-order valence-corrected chi connectivity index (χ4v) is 14.5. The predicted octanol–water partition coefficient (Wildman–Crippen LogP) is 10.4. The Balaban J connectivity index is 1.12. The zero-order chi connectivity index (χ0) is 34.7. The van der Waals surface area contributed by atoms with Crippen LogP contribution in [0.1, 0.15) is 130 Å². The van der Waals surface area contributed by atoms with Crippen molar-refractivity contribution in [2.24, 2.45) is 56.7 Å². The Kier molecular flexibility index (Phi) is 7.94. The minimum absolute atomic E-state index is 0.00532. The lowest BCUT2D eigenvalue weighted by atomic mass is 9.32. The van der Waals surface area contributed by atoms with Gasteiger partial charge in [0, 0.05) is 11.6 Å². The zero-order valence-electron chi connectivity index (χ0n) is 31.0. The number of carbonyl (C=O) groups is 1. The van der Waals surface area contributed by atoms with Crippen molar-refractivity contribution in [2.75, 3.05) is 6.54 Å². The van der Waals surface area contributed by atoms with Gasteiger partial charge in [-0.25, -0.2) is 4.98 Å². The molecular weight excluding hydrogens is 626 g/mol. The van der Waals surface area contributed by atoms with Crippen LogP contribution in [0.3, 0.4) is 0 Å². The van der Waals surface area contributed by atoms with Crippen LogP contribution in [-0.4, -0.2) is 38.5 Å². The highest BCUT2D eigenvalue weighted by Crippen LogP contribution is 2.77. The fourth-order valence-electron chi connectivity index (χ4n) is 14.4. The van der Waals surface area contributed by atoms with Crippen LogP contribution in [0.2, 0.25) is 5.02 Å². The molecule has 5 saturated carbocycles.